The topological polar surface area (TPSA) is 129 Å². The van der Waals surface area contributed by atoms with E-state index in [2.05, 4.69) is 4.74 Å². The lowest BCUT2D eigenvalue weighted by Gasteiger charge is -2.29. The van der Waals surface area contributed by atoms with Gasteiger partial charge < -0.3 is 24.1 Å². The highest BCUT2D eigenvalue weighted by atomic mass is 16.6. The van der Waals surface area contributed by atoms with E-state index < -0.39 is 30.0 Å². The van der Waals surface area contributed by atoms with Crippen LogP contribution in [-0.4, -0.2) is 86.6 Å². The van der Waals surface area contributed by atoms with Crippen molar-refractivity contribution in [3.05, 3.63) is 24.3 Å². The van der Waals surface area contributed by atoms with Gasteiger partial charge in [-0.2, -0.15) is 0 Å². The molecule has 0 bridgehead atoms. The average molecular weight is 371 g/mol. The van der Waals surface area contributed by atoms with Crippen molar-refractivity contribution in [2.45, 2.75) is 6.10 Å². The van der Waals surface area contributed by atoms with Crippen molar-refractivity contribution < 1.29 is 43.2 Å². The Hall–Kier alpha value is -2.72. The van der Waals surface area contributed by atoms with Gasteiger partial charge in [-0.25, -0.2) is 19.2 Å². The normalized spacial score (nSPS) is 16.3. The van der Waals surface area contributed by atoms with E-state index in [1.54, 1.807) is 0 Å². The molecule has 1 heterocycles. The van der Waals surface area contributed by atoms with Crippen LogP contribution in [0, 0.1) is 0 Å². The quantitative estimate of drug-likeness (QED) is 0.311. The van der Waals surface area contributed by atoms with Crippen molar-refractivity contribution in [2.24, 2.45) is 0 Å². The van der Waals surface area contributed by atoms with Crippen molar-refractivity contribution in [1.82, 2.24) is 4.90 Å². The maximum absolute atomic E-state index is 11.8. The second kappa shape index (κ2) is 11.8. The van der Waals surface area contributed by atoms with Gasteiger partial charge in [-0.15, -0.1) is 0 Å². The Morgan fingerprint density at radius 2 is 1.65 bits per heavy atom. The second-order valence-electron chi connectivity index (χ2n) is 5.13. The first-order chi connectivity index (χ1) is 12.4. The summed E-state index contributed by atoms with van der Waals surface area (Å²) >= 11 is 0. The Morgan fingerprint density at radius 1 is 1.04 bits per heavy atom. The van der Waals surface area contributed by atoms with Crippen LogP contribution in [-0.2, 0) is 38.1 Å². The Balaban J connectivity index is 2.60. The third kappa shape index (κ3) is 9.55. The highest BCUT2D eigenvalue weighted by Crippen LogP contribution is 2.04. The van der Waals surface area contributed by atoms with Crippen LogP contribution in [0.15, 0.2) is 24.3 Å². The van der Waals surface area contributed by atoms with E-state index in [9.17, 15) is 19.2 Å². The number of aliphatic carboxylic acids is 1. The van der Waals surface area contributed by atoms with Crippen LogP contribution in [0.5, 0.6) is 0 Å². The van der Waals surface area contributed by atoms with Crippen LogP contribution >= 0.6 is 0 Å². The fourth-order valence-corrected chi connectivity index (χ4v) is 1.97. The van der Waals surface area contributed by atoms with E-state index in [0.717, 1.165) is 18.2 Å². The zero-order valence-electron chi connectivity index (χ0n) is 14.3. The summed E-state index contributed by atoms with van der Waals surface area (Å²) in [7, 11) is 1.17. The van der Waals surface area contributed by atoms with Gasteiger partial charge in [0.15, 0.2) is 0 Å². The minimum atomic E-state index is -1.29. The van der Waals surface area contributed by atoms with Gasteiger partial charge in [0.25, 0.3) is 0 Å². The number of rotatable bonds is 9. The SMILES string of the molecule is COC(=O)/C=C/C(=O)OC(COC(=O)/C=C/C(=O)O)CN1CCOCC1. The van der Waals surface area contributed by atoms with Gasteiger partial charge in [0.1, 0.15) is 12.7 Å². The molecule has 144 valence electrons. The molecule has 1 rings (SSSR count). The van der Waals surface area contributed by atoms with E-state index in [1.807, 2.05) is 4.90 Å². The van der Waals surface area contributed by atoms with E-state index in [0.29, 0.717) is 32.4 Å². The molecule has 1 aliphatic heterocycles. The summed E-state index contributed by atoms with van der Waals surface area (Å²) in [5.74, 6) is -3.67. The average Bonchev–Trinajstić information content (AvgIpc) is 2.63. The zero-order chi connectivity index (χ0) is 19.4. The smallest absolute Gasteiger partial charge is 0.331 e. The molecule has 0 amide bonds. The molecule has 1 atom stereocenters. The maximum Gasteiger partial charge on any atom is 0.331 e. The van der Waals surface area contributed by atoms with Crippen LogP contribution in [0.1, 0.15) is 0 Å². The number of carbonyl (C=O) groups excluding carboxylic acids is 3. The molecule has 1 fully saturated rings. The molecular formula is C16H21NO9. The van der Waals surface area contributed by atoms with Crippen molar-refractivity contribution in [3.8, 4) is 0 Å². The molecule has 1 N–H and O–H groups in total. The number of carboxylic acid groups (broad SMARTS) is 1. The predicted octanol–water partition coefficient (Wildman–Crippen LogP) is -0.856. The van der Waals surface area contributed by atoms with Gasteiger partial charge >= 0.3 is 23.9 Å². The lowest BCUT2D eigenvalue weighted by Crippen LogP contribution is -2.43. The largest absolute Gasteiger partial charge is 0.478 e. The molecule has 26 heavy (non-hydrogen) atoms. The monoisotopic (exact) mass is 371 g/mol. The summed E-state index contributed by atoms with van der Waals surface area (Å²) in [5, 5.41) is 8.47. The number of hydrogen-bond acceptors (Lipinski definition) is 9. The van der Waals surface area contributed by atoms with Gasteiger partial charge in [-0.3, -0.25) is 4.90 Å². The van der Waals surface area contributed by atoms with Crippen LogP contribution in [0.25, 0.3) is 0 Å². The summed E-state index contributed by atoms with van der Waals surface area (Å²) in [5.41, 5.74) is 0. The van der Waals surface area contributed by atoms with Crippen molar-refractivity contribution in [3.63, 3.8) is 0 Å². The van der Waals surface area contributed by atoms with Crippen LogP contribution in [0.4, 0.5) is 0 Å². The Labute approximate surface area is 149 Å². The van der Waals surface area contributed by atoms with Crippen LogP contribution < -0.4 is 0 Å². The number of ether oxygens (including phenoxy) is 4. The number of morpholine rings is 1. The molecule has 0 aliphatic carbocycles. The maximum atomic E-state index is 11.8. The van der Waals surface area contributed by atoms with E-state index >= 15 is 0 Å². The van der Waals surface area contributed by atoms with E-state index in [1.165, 1.54) is 7.11 Å². The molecule has 0 radical (unpaired) electrons. The molecule has 0 aromatic heterocycles. The van der Waals surface area contributed by atoms with Crippen LogP contribution in [0.2, 0.25) is 0 Å². The fraction of sp³-hybridized carbons (Fsp3) is 0.500. The zero-order valence-corrected chi connectivity index (χ0v) is 14.3. The number of carboxylic acids is 1. The van der Waals surface area contributed by atoms with Crippen molar-refractivity contribution in [1.29, 1.82) is 0 Å². The number of carbonyl (C=O) groups is 4. The van der Waals surface area contributed by atoms with Gasteiger partial charge in [0.2, 0.25) is 0 Å². The van der Waals surface area contributed by atoms with Gasteiger partial charge in [0, 0.05) is 43.9 Å². The first-order valence-corrected chi connectivity index (χ1v) is 7.75. The standard InChI is InChI=1S/C16H21NO9/c1-23-14(20)4-5-16(22)26-12(10-17-6-8-24-9-7-17)11-25-15(21)3-2-13(18)19/h2-5,12H,6-11H2,1H3,(H,18,19)/b3-2+,5-4+. The summed E-state index contributed by atoms with van der Waals surface area (Å²) in [6.45, 7) is 2.33. The Bertz CT molecular complexity index is 564. The van der Waals surface area contributed by atoms with E-state index in [4.69, 9.17) is 19.3 Å². The highest BCUT2D eigenvalue weighted by molar-refractivity contribution is 5.92. The lowest BCUT2D eigenvalue weighted by molar-refractivity contribution is -0.154. The summed E-state index contributed by atoms with van der Waals surface area (Å²) in [6, 6.07) is 0. The van der Waals surface area contributed by atoms with Gasteiger partial charge in [-0.1, -0.05) is 0 Å². The highest BCUT2D eigenvalue weighted by Gasteiger charge is 2.21. The molecule has 0 aromatic carbocycles. The Morgan fingerprint density at radius 3 is 2.27 bits per heavy atom. The molecule has 1 aliphatic rings. The minimum absolute atomic E-state index is 0.266. The minimum Gasteiger partial charge on any atom is -0.478 e. The third-order valence-corrected chi connectivity index (χ3v) is 3.18. The molecular weight excluding hydrogens is 350 g/mol. The molecule has 10 nitrogen and oxygen atoms in total. The predicted molar refractivity (Wildman–Crippen MR) is 86.0 cm³/mol. The molecule has 0 spiro atoms. The van der Waals surface area contributed by atoms with Gasteiger partial charge in [0.05, 0.1) is 20.3 Å². The Kier molecular flexibility index (Phi) is 9.65. The van der Waals surface area contributed by atoms with Gasteiger partial charge in [-0.05, 0) is 0 Å². The number of esters is 3. The first kappa shape index (κ1) is 21.3. The summed E-state index contributed by atoms with van der Waals surface area (Å²) in [4.78, 5) is 46.6. The number of methoxy groups -OCH3 is 1. The third-order valence-electron chi connectivity index (χ3n) is 3.18. The van der Waals surface area contributed by atoms with Crippen molar-refractivity contribution in [2.75, 3.05) is 46.6 Å². The summed E-state index contributed by atoms with van der Waals surface area (Å²) < 4.78 is 19.7. The number of nitrogens with zero attached hydrogens (tertiary/aromatic N) is 1. The molecule has 10 heteroatoms. The molecule has 1 saturated heterocycles. The van der Waals surface area contributed by atoms with E-state index in [-0.39, 0.29) is 13.2 Å². The van der Waals surface area contributed by atoms with Crippen LogP contribution in [0.3, 0.4) is 0 Å². The second-order valence-corrected chi connectivity index (χ2v) is 5.13. The van der Waals surface area contributed by atoms with Crippen molar-refractivity contribution >= 4 is 23.9 Å². The molecule has 0 saturated carbocycles. The fourth-order valence-electron chi connectivity index (χ4n) is 1.97. The number of hydrogen-bond donors (Lipinski definition) is 1. The first-order valence-electron chi connectivity index (χ1n) is 7.75. The molecule has 1 unspecified atom stereocenters. The molecule has 0 aromatic rings. The summed E-state index contributed by atoms with van der Waals surface area (Å²) in [6.07, 6.45) is 2.42. The lowest BCUT2D eigenvalue weighted by atomic mass is 10.3.